The van der Waals surface area contributed by atoms with Gasteiger partial charge in [-0.15, -0.1) is 24.0 Å². The van der Waals surface area contributed by atoms with Crippen molar-refractivity contribution in [2.24, 2.45) is 10.9 Å². The minimum atomic E-state index is 0. The second-order valence-electron chi connectivity index (χ2n) is 6.19. The first-order valence-corrected chi connectivity index (χ1v) is 8.40. The first kappa shape index (κ1) is 20.3. The van der Waals surface area contributed by atoms with Gasteiger partial charge in [0.25, 0.3) is 0 Å². The third-order valence-electron chi connectivity index (χ3n) is 3.74. The first-order chi connectivity index (χ1) is 10.7. The quantitative estimate of drug-likeness (QED) is 0.374. The van der Waals surface area contributed by atoms with Crippen LogP contribution < -0.4 is 10.6 Å². The SMILES string of the molecule is CC(C)CCNC(=NCC1CCCO1)NCCc1ccco1.I. The molecule has 1 aliphatic rings. The second kappa shape index (κ2) is 11.7. The van der Waals surface area contributed by atoms with Gasteiger partial charge in [-0.1, -0.05) is 13.8 Å². The summed E-state index contributed by atoms with van der Waals surface area (Å²) in [6.07, 6.45) is 6.27. The molecule has 1 aliphatic heterocycles. The van der Waals surface area contributed by atoms with Gasteiger partial charge in [0.15, 0.2) is 5.96 Å². The van der Waals surface area contributed by atoms with E-state index in [0.29, 0.717) is 5.92 Å². The number of nitrogens with one attached hydrogen (secondary N) is 2. The summed E-state index contributed by atoms with van der Waals surface area (Å²) in [6, 6.07) is 3.92. The fourth-order valence-corrected chi connectivity index (χ4v) is 2.39. The molecule has 1 aromatic rings. The Morgan fingerprint density at radius 3 is 2.83 bits per heavy atom. The predicted molar refractivity (Wildman–Crippen MR) is 105 cm³/mol. The molecule has 0 saturated carbocycles. The smallest absolute Gasteiger partial charge is 0.191 e. The molecule has 1 unspecified atom stereocenters. The van der Waals surface area contributed by atoms with Crippen LogP contribution in [-0.4, -0.2) is 38.3 Å². The molecule has 2 heterocycles. The van der Waals surface area contributed by atoms with E-state index in [-0.39, 0.29) is 30.1 Å². The molecule has 2 rings (SSSR count). The van der Waals surface area contributed by atoms with Gasteiger partial charge in [-0.3, -0.25) is 4.99 Å². The molecule has 132 valence electrons. The summed E-state index contributed by atoms with van der Waals surface area (Å²) in [5, 5.41) is 6.79. The molecule has 5 nitrogen and oxygen atoms in total. The molecule has 0 amide bonds. The highest BCUT2D eigenvalue weighted by molar-refractivity contribution is 14.0. The third-order valence-corrected chi connectivity index (χ3v) is 3.74. The van der Waals surface area contributed by atoms with Gasteiger partial charge in [-0.05, 0) is 37.3 Å². The van der Waals surface area contributed by atoms with Gasteiger partial charge in [-0.2, -0.15) is 0 Å². The molecule has 1 atom stereocenters. The van der Waals surface area contributed by atoms with E-state index in [1.807, 2.05) is 12.1 Å². The number of hydrogen-bond donors (Lipinski definition) is 2. The van der Waals surface area contributed by atoms with Crippen LogP contribution in [0.4, 0.5) is 0 Å². The van der Waals surface area contributed by atoms with Crippen molar-refractivity contribution >= 4 is 29.9 Å². The van der Waals surface area contributed by atoms with Crippen LogP contribution in [-0.2, 0) is 11.2 Å². The Labute approximate surface area is 156 Å². The van der Waals surface area contributed by atoms with E-state index in [4.69, 9.17) is 9.15 Å². The topological polar surface area (TPSA) is 58.8 Å². The first-order valence-electron chi connectivity index (χ1n) is 8.40. The summed E-state index contributed by atoms with van der Waals surface area (Å²) in [7, 11) is 0. The van der Waals surface area contributed by atoms with Crippen molar-refractivity contribution in [1.82, 2.24) is 10.6 Å². The summed E-state index contributed by atoms with van der Waals surface area (Å²) in [6.45, 7) is 7.83. The summed E-state index contributed by atoms with van der Waals surface area (Å²) < 4.78 is 11.0. The Bertz CT molecular complexity index is 429. The lowest BCUT2D eigenvalue weighted by Gasteiger charge is -2.14. The molecule has 1 saturated heterocycles. The van der Waals surface area contributed by atoms with Gasteiger partial charge >= 0.3 is 0 Å². The molecule has 0 radical (unpaired) electrons. The van der Waals surface area contributed by atoms with Gasteiger partial charge < -0.3 is 19.8 Å². The van der Waals surface area contributed by atoms with Gasteiger partial charge in [0, 0.05) is 26.1 Å². The molecule has 2 N–H and O–H groups in total. The van der Waals surface area contributed by atoms with Crippen molar-refractivity contribution in [3.05, 3.63) is 24.2 Å². The fourth-order valence-electron chi connectivity index (χ4n) is 2.39. The number of nitrogens with zero attached hydrogens (tertiary/aromatic N) is 1. The Balaban J connectivity index is 0.00000264. The number of aliphatic imine (C=N–C) groups is 1. The average Bonchev–Trinajstić information content (AvgIpc) is 3.17. The molecule has 0 aromatic carbocycles. The number of rotatable bonds is 8. The average molecular weight is 435 g/mol. The maximum atomic E-state index is 5.63. The molecule has 1 aromatic heterocycles. The van der Waals surface area contributed by atoms with Crippen LogP contribution >= 0.6 is 24.0 Å². The summed E-state index contributed by atoms with van der Waals surface area (Å²) in [5.74, 6) is 2.56. The van der Waals surface area contributed by atoms with E-state index in [0.717, 1.165) is 63.6 Å². The van der Waals surface area contributed by atoms with E-state index in [9.17, 15) is 0 Å². The van der Waals surface area contributed by atoms with Crippen LogP contribution in [0.1, 0.15) is 38.9 Å². The fraction of sp³-hybridized carbons (Fsp3) is 0.706. The largest absolute Gasteiger partial charge is 0.469 e. The molecule has 6 heteroatoms. The molecule has 1 fully saturated rings. The van der Waals surface area contributed by atoms with Crippen molar-refractivity contribution in [3.63, 3.8) is 0 Å². The van der Waals surface area contributed by atoms with E-state index < -0.39 is 0 Å². The molecule has 0 aliphatic carbocycles. The van der Waals surface area contributed by atoms with Crippen LogP contribution in [0.15, 0.2) is 27.8 Å². The van der Waals surface area contributed by atoms with Gasteiger partial charge in [0.05, 0.1) is 18.9 Å². The Hall–Kier alpha value is -0.760. The second-order valence-corrected chi connectivity index (χ2v) is 6.19. The maximum Gasteiger partial charge on any atom is 0.191 e. The lowest BCUT2D eigenvalue weighted by Crippen LogP contribution is -2.39. The van der Waals surface area contributed by atoms with E-state index in [1.54, 1.807) is 6.26 Å². The predicted octanol–water partition coefficient (Wildman–Crippen LogP) is 3.20. The summed E-state index contributed by atoms with van der Waals surface area (Å²) in [4.78, 5) is 4.66. The number of hydrogen-bond acceptors (Lipinski definition) is 3. The molecule has 23 heavy (non-hydrogen) atoms. The van der Waals surface area contributed by atoms with Gasteiger partial charge in [0.2, 0.25) is 0 Å². The number of guanidine groups is 1. The van der Waals surface area contributed by atoms with Crippen molar-refractivity contribution in [2.75, 3.05) is 26.2 Å². The molecule has 0 spiro atoms. The number of halogens is 1. The Morgan fingerprint density at radius 1 is 1.35 bits per heavy atom. The molecule has 0 bridgehead atoms. The van der Waals surface area contributed by atoms with Crippen molar-refractivity contribution in [1.29, 1.82) is 0 Å². The van der Waals surface area contributed by atoms with Crippen LogP contribution in [0, 0.1) is 5.92 Å². The highest BCUT2D eigenvalue weighted by Crippen LogP contribution is 2.11. The standard InChI is InChI=1S/C17H29N3O2.HI/c1-14(2)7-9-18-17(20-13-16-6-4-12-22-16)19-10-8-15-5-3-11-21-15;/h3,5,11,14,16H,4,6-10,12-13H2,1-2H3,(H2,18,19,20);1H. The third kappa shape index (κ3) is 8.60. The normalized spacial score (nSPS) is 18.0. The van der Waals surface area contributed by atoms with E-state index in [2.05, 4.69) is 29.5 Å². The maximum absolute atomic E-state index is 5.63. The van der Waals surface area contributed by atoms with E-state index >= 15 is 0 Å². The number of furan rings is 1. The lowest BCUT2D eigenvalue weighted by molar-refractivity contribution is 0.117. The summed E-state index contributed by atoms with van der Waals surface area (Å²) in [5.41, 5.74) is 0. The van der Waals surface area contributed by atoms with Crippen molar-refractivity contribution in [3.8, 4) is 0 Å². The van der Waals surface area contributed by atoms with Gasteiger partial charge in [-0.25, -0.2) is 0 Å². The van der Waals surface area contributed by atoms with Crippen LogP contribution in [0.2, 0.25) is 0 Å². The zero-order valence-corrected chi connectivity index (χ0v) is 16.5. The zero-order valence-electron chi connectivity index (χ0n) is 14.2. The van der Waals surface area contributed by atoms with E-state index in [1.165, 1.54) is 0 Å². The van der Waals surface area contributed by atoms with Crippen LogP contribution in [0.25, 0.3) is 0 Å². The Morgan fingerprint density at radius 2 is 2.17 bits per heavy atom. The molecular formula is C17H30IN3O2. The van der Waals surface area contributed by atoms with Crippen molar-refractivity contribution in [2.45, 2.75) is 45.6 Å². The molecular weight excluding hydrogens is 405 g/mol. The number of ether oxygens (including phenoxy) is 1. The minimum Gasteiger partial charge on any atom is -0.469 e. The monoisotopic (exact) mass is 435 g/mol. The highest BCUT2D eigenvalue weighted by Gasteiger charge is 2.14. The van der Waals surface area contributed by atoms with Crippen molar-refractivity contribution < 1.29 is 9.15 Å². The minimum absolute atomic E-state index is 0. The van der Waals surface area contributed by atoms with Crippen LogP contribution in [0.5, 0.6) is 0 Å². The van der Waals surface area contributed by atoms with Gasteiger partial charge in [0.1, 0.15) is 5.76 Å². The summed E-state index contributed by atoms with van der Waals surface area (Å²) >= 11 is 0. The zero-order chi connectivity index (χ0) is 15.6. The lowest BCUT2D eigenvalue weighted by atomic mass is 10.1. The van der Waals surface area contributed by atoms with Crippen LogP contribution in [0.3, 0.4) is 0 Å². The highest BCUT2D eigenvalue weighted by atomic mass is 127. The Kier molecular flexibility index (Phi) is 10.3.